The quantitative estimate of drug-likeness (QED) is 0.712. The summed E-state index contributed by atoms with van der Waals surface area (Å²) in [6.45, 7) is 6.96. The van der Waals surface area contributed by atoms with E-state index in [-0.39, 0.29) is 5.91 Å². The van der Waals surface area contributed by atoms with Gasteiger partial charge in [0.15, 0.2) is 0 Å². The fourth-order valence-corrected chi connectivity index (χ4v) is 4.14. The van der Waals surface area contributed by atoms with Crippen LogP contribution in [0.1, 0.15) is 20.1 Å². The zero-order valence-corrected chi connectivity index (χ0v) is 16.8. The first-order valence-electron chi connectivity index (χ1n) is 9.52. The molecule has 1 aromatic carbocycles. The molecule has 3 aromatic rings. The lowest BCUT2D eigenvalue weighted by atomic mass is 10.1. The van der Waals surface area contributed by atoms with Gasteiger partial charge in [-0.25, -0.2) is 4.98 Å². The van der Waals surface area contributed by atoms with Gasteiger partial charge >= 0.3 is 0 Å². The predicted octanol–water partition coefficient (Wildman–Crippen LogP) is 4.03. The van der Waals surface area contributed by atoms with Gasteiger partial charge in [0.05, 0.1) is 4.88 Å². The first-order valence-corrected chi connectivity index (χ1v) is 10.3. The molecule has 1 amide bonds. The van der Waals surface area contributed by atoms with E-state index in [0.717, 1.165) is 54.0 Å². The maximum atomic E-state index is 12.3. The zero-order valence-electron chi connectivity index (χ0n) is 16.0. The van der Waals surface area contributed by atoms with Gasteiger partial charge in [0.2, 0.25) is 0 Å². The Morgan fingerprint density at radius 2 is 1.82 bits per heavy atom. The third-order valence-corrected chi connectivity index (χ3v) is 5.93. The number of aryl methyl sites for hydroxylation is 1. The number of nitrogens with zero attached hydrogens (tertiary/aromatic N) is 3. The second-order valence-corrected chi connectivity index (χ2v) is 8.30. The van der Waals surface area contributed by atoms with E-state index in [2.05, 4.69) is 38.3 Å². The highest BCUT2D eigenvalue weighted by molar-refractivity contribution is 7.14. The van der Waals surface area contributed by atoms with Crippen LogP contribution in [0.4, 0.5) is 11.5 Å². The van der Waals surface area contributed by atoms with Crippen LogP contribution in [0, 0.1) is 6.92 Å². The number of amides is 1. The minimum absolute atomic E-state index is 0.0449. The number of aromatic nitrogens is 1. The summed E-state index contributed by atoms with van der Waals surface area (Å²) in [5.41, 5.74) is 2.09. The van der Waals surface area contributed by atoms with Crippen LogP contribution in [0.5, 0.6) is 0 Å². The molecule has 0 atom stereocenters. The number of nitrogens with one attached hydrogen (secondary N) is 1. The van der Waals surface area contributed by atoms with Crippen LogP contribution < -0.4 is 10.2 Å². The molecule has 1 fully saturated rings. The van der Waals surface area contributed by atoms with Crippen LogP contribution in [0.25, 0.3) is 0 Å². The number of carbonyl (C=O) groups excluding carboxylic acids is 1. The average molecular weight is 393 g/mol. The van der Waals surface area contributed by atoms with Crippen LogP contribution in [0.2, 0.25) is 0 Å². The third kappa shape index (κ3) is 4.58. The van der Waals surface area contributed by atoms with Crippen molar-refractivity contribution in [1.29, 1.82) is 0 Å². The molecule has 1 saturated heterocycles. The minimum Gasteiger partial charge on any atom is -0.354 e. The van der Waals surface area contributed by atoms with Crippen LogP contribution in [0.15, 0.2) is 60.8 Å². The summed E-state index contributed by atoms with van der Waals surface area (Å²) in [6, 6.07) is 18.1. The molecule has 1 aliphatic rings. The number of anilines is 2. The molecule has 2 aromatic heterocycles. The number of thiophene rings is 1. The van der Waals surface area contributed by atoms with E-state index < -0.39 is 0 Å². The van der Waals surface area contributed by atoms with E-state index in [1.807, 2.05) is 49.5 Å². The van der Waals surface area contributed by atoms with Gasteiger partial charge in [-0.3, -0.25) is 9.69 Å². The van der Waals surface area contributed by atoms with E-state index in [0.29, 0.717) is 0 Å². The van der Waals surface area contributed by atoms with Gasteiger partial charge in [-0.2, -0.15) is 0 Å². The highest BCUT2D eigenvalue weighted by Crippen LogP contribution is 2.19. The predicted molar refractivity (Wildman–Crippen MR) is 115 cm³/mol. The Hall–Kier alpha value is -2.70. The lowest BCUT2D eigenvalue weighted by Gasteiger charge is -2.35. The molecule has 144 valence electrons. The smallest absolute Gasteiger partial charge is 0.265 e. The highest BCUT2D eigenvalue weighted by Gasteiger charge is 2.18. The topological polar surface area (TPSA) is 48.5 Å². The molecular formula is C22H24N4OS. The van der Waals surface area contributed by atoms with Crippen molar-refractivity contribution in [2.75, 3.05) is 36.4 Å². The van der Waals surface area contributed by atoms with Gasteiger partial charge in [0.25, 0.3) is 5.91 Å². The van der Waals surface area contributed by atoms with E-state index in [1.54, 1.807) is 0 Å². The fourth-order valence-electron chi connectivity index (χ4n) is 3.38. The number of benzene rings is 1. The third-order valence-electron chi connectivity index (χ3n) is 4.93. The van der Waals surface area contributed by atoms with Gasteiger partial charge in [-0.1, -0.05) is 18.2 Å². The van der Waals surface area contributed by atoms with Crippen LogP contribution in [0.3, 0.4) is 0 Å². The lowest BCUT2D eigenvalue weighted by molar-refractivity contribution is 0.103. The number of rotatable bonds is 5. The van der Waals surface area contributed by atoms with Gasteiger partial charge in [-0.15, -0.1) is 11.3 Å². The Balaban J connectivity index is 1.28. The second kappa shape index (κ2) is 8.54. The summed E-state index contributed by atoms with van der Waals surface area (Å²) in [5.74, 6) is 1.01. The summed E-state index contributed by atoms with van der Waals surface area (Å²) in [7, 11) is 0. The Kier molecular flexibility index (Phi) is 5.69. The number of hydrogen-bond donors (Lipinski definition) is 1. The van der Waals surface area contributed by atoms with Gasteiger partial charge < -0.3 is 10.2 Å². The molecule has 1 aliphatic heterocycles. The van der Waals surface area contributed by atoms with E-state index >= 15 is 0 Å². The SMILES string of the molecule is Cc1ccc(C(=O)Nc2ccc(CN3CCN(c4ccccn4)CC3)cc2)s1. The van der Waals surface area contributed by atoms with Gasteiger partial charge in [0.1, 0.15) is 5.82 Å². The first kappa shape index (κ1) is 18.7. The van der Waals surface area contributed by atoms with E-state index in [9.17, 15) is 4.79 Å². The lowest BCUT2D eigenvalue weighted by Crippen LogP contribution is -2.46. The van der Waals surface area contributed by atoms with Gasteiger partial charge in [-0.05, 0) is 48.9 Å². The van der Waals surface area contributed by atoms with E-state index in [4.69, 9.17) is 0 Å². The molecule has 0 aliphatic carbocycles. The molecule has 28 heavy (non-hydrogen) atoms. The summed E-state index contributed by atoms with van der Waals surface area (Å²) in [4.78, 5) is 23.4. The Bertz CT molecular complexity index is 915. The average Bonchev–Trinajstić information content (AvgIpc) is 3.17. The number of carbonyl (C=O) groups is 1. The molecular weight excluding hydrogens is 368 g/mol. The van der Waals surface area contributed by atoms with E-state index in [1.165, 1.54) is 16.9 Å². The minimum atomic E-state index is -0.0449. The van der Waals surface area contributed by atoms with Crippen LogP contribution in [-0.4, -0.2) is 42.0 Å². The number of hydrogen-bond acceptors (Lipinski definition) is 5. The molecule has 3 heterocycles. The normalized spacial score (nSPS) is 14.8. The zero-order chi connectivity index (χ0) is 19.3. The second-order valence-electron chi connectivity index (χ2n) is 7.01. The van der Waals surface area contributed by atoms with Crippen molar-refractivity contribution in [3.63, 3.8) is 0 Å². The fraction of sp³-hybridized carbons (Fsp3) is 0.273. The Labute approximate surface area is 169 Å². The van der Waals surface area contributed by atoms with Crippen molar-refractivity contribution in [1.82, 2.24) is 9.88 Å². The van der Waals surface area contributed by atoms with Gasteiger partial charge in [0, 0.05) is 49.5 Å². The van der Waals surface area contributed by atoms with Crippen LogP contribution in [-0.2, 0) is 6.54 Å². The van der Waals surface area contributed by atoms with Crippen molar-refractivity contribution in [2.24, 2.45) is 0 Å². The largest absolute Gasteiger partial charge is 0.354 e. The monoisotopic (exact) mass is 392 g/mol. The molecule has 0 unspecified atom stereocenters. The molecule has 6 heteroatoms. The van der Waals surface area contributed by atoms with Crippen molar-refractivity contribution in [3.05, 3.63) is 76.1 Å². The first-order chi connectivity index (χ1) is 13.7. The van der Waals surface area contributed by atoms with Crippen molar-refractivity contribution in [2.45, 2.75) is 13.5 Å². The summed E-state index contributed by atoms with van der Waals surface area (Å²) >= 11 is 1.51. The number of piperazine rings is 1. The Morgan fingerprint density at radius 3 is 2.46 bits per heavy atom. The highest BCUT2D eigenvalue weighted by atomic mass is 32.1. The van der Waals surface area contributed by atoms with Crippen molar-refractivity contribution >= 4 is 28.7 Å². The molecule has 0 radical (unpaired) electrons. The van der Waals surface area contributed by atoms with Crippen molar-refractivity contribution < 1.29 is 4.79 Å². The summed E-state index contributed by atoms with van der Waals surface area (Å²) < 4.78 is 0. The maximum absolute atomic E-state index is 12.3. The Morgan fingerprint density at radius 1 is 1.04 bits per heavy atom. The summed E-state index contributed by atoms with van der Waals surface area (Å²) in [5, 5.41) is 2.97. The molecule has 0 bridgehead atoms. The van der Waals surface area contributed by atoms with Crippen LogP contribution >= 0.6 is 11.3 Å². The standard InChI is InChI=1S/C22H24N4OS/c1-17-5-10-20(28-17)22(27)24-19-8-6-18(7-9-19)16-25-12-14-26(15-13-25)21-4-2-3-11-23-21/h2-11H,12-16H2,1H3,(H,24,27). The molecule has 4 rings (SSSR count). The molecule has 5 nitrogen and oxygen atoms in total. The molecule has 1 N–H and O–H groups in total. The molecule has 0 spiro atoms. The summed E-state index contributed by atoms with van der Waals surface area (Å²) in [6.07, 6.45) is 1.85. The maximum Gasteiger partial charge on any atom is 0.265 e. The number of pyridine rings is 1. The molecule has 0 saturated carbocycles. The van der Waals surface area contributed by atoms with Crippen molar-refractivity contribution in [3.8, 4) is 0 Å².